The fourth-order valence-electron chi connectivity index (χ4n) is 1.45. The Balaban J connectivity index is 1.60. The Kier molecular flexibility index (Phi) is 3.85. The van der Waals surface area contributed by atoms with Crippen LogP contribution in [0.15, 0.2) is 18.6 Å². The standard InChI is InChI=1S/C10H14N6O/c17-10(6-8-3-5-13-15-8)11-4-1-2-9-12-7-14-16-9/h3,5,7H,1-2,4,6H2,(H,11,17)(H,13,15)(H,12,14,16). The number of aromatic nitrogens is 5. The zero-order valence-corrected chi connectivity index (χ0v) is 9.31. The van der Waals surface area contributed by atoms with Crippen LogP contribution in [0.2, 0.25) is 0 Å². The van der Waals surface area contributed by atoms with Gasteiger partial charge in [0.25, 0.3) is 0 Å². The molecule has 0 aliphatic heterocycles. The number of nitrogens with one attached hydrogen (secondary N) is 3. The molecule has 0 radical (unpaired) electrons. The van der Waals surface area contributed by atoms with Crippen LogP contribution in [0, 0.1) is 0 Å². The van der Waals surface area contributed by atoms with Gasteiger partial charge in [0.2, 0.25) is 5.91 Å². The van der Waals surface area contributed by atoms with Gasteiger partial charge >= 0.3 is 0 Å². The van der Waals surface area contributed by atoms with Gasteiger partial charge in [0.15, 0.2) is 0 Å². The van der Waals surface area contributed by atoms with Crippen molar-refractivity contribution in [3.63, 3.8) is 0 Å². The van der Waals surface area contributed by atoms with Crippen molar-refractivity contribution in [3.8, 4) is 0 Å². The van der Waals surface area contributed by atoms with Crippen LogP contribution in [0.4, 0.5) is 0 Å². The maximum Gasteiger partial charge on any atom is 0.225 e. The molecule has 0 aliphatic carbocycles. The number of hydrogen-bond donors (Lipinski definition) is 3. The third kappa shape index (κ3) is 3.71. The second-order valence-corrected chi connectivity index (χ2v) is 3.64. The van der Waals surface area contributed by atoms with Gasteiger partial charge in [0.1, 0.15) is 12.2 Å². The van der Waals surface area contributed by atoms with E-state index in [0.29, 0.717) is 13.0 Å². The summed E-state index contributed by atoms with van der Waals surface area (Å²) in [6, 6.07) is 1.79. The minimum Gasteiger partial charge on any atom is -0.356 e. The quantitative estimate of drug-likeness (QED) is 0.604. The van der Waals surface area contributed by atoms with Gasteiger partial charge in [-0.2, -0.15) is 10.2 Å². The molecule has 0 aliphatic rings. The summed E-state index contributed by atoms with van der Waals surface area (Å²) in [4.78, 5) is 15.5. The molecule has 0 atom stereocenters. The first-order valence-corrected chi connectivity index (χ1v) is 5.44. The minimum atomic E-state index is -0.00757. The third-order valence-electron chi connectivity index (χ3n) is 2.29. The van der Waals surface area contributed by atoms with Crippen molar-refractivity contribution in [1.29, 1.82) is 0 Å². The average molecular weight is 234 g/mol. The number of aromatic amines is 2. The Morgan fingerprint density at radius 3 is 3.00 bits per heavy atom. The molecule has 2 rings (SSSR count). The van der Waals surface area contributed by atoms with E-state index in [2.05, 4.69) is 30.7 Å². The molecule has 2 aromatic rings. The summed E-state index contributed by atoms with van der Waals surface area (Å²) < 4.78 is 0. The topological polar surface area (TPSA) is 99.3 Å². The summed E-state index contributed by atoms with van der Waals surface area (Å²) in [5.41, 5.74) is 0.817. The fraction of sp³-hybridized carbons (Fsp3) is 0.400. The second-order valence-electron chi connectivity index (χ2n) is 3.64. The molecular formula is C10H14N6O. The van der Waals surface area contributed by atoms with Crippen LogP contribution in [0.3, 0.4) is 0 Å². The molecule has 0 saturated carbocycles. The lowest BCUT2D eigenvalue weighted by Crippen LogP contribution is -2.26. The first kappa shape index (κ1) is 11.3. The van der Waals surface area contributed by atoms with E-state index < -0.39 is 0 Å². The van der Waals surface area contributed by atoms with E-state index >= 15 is 0 Å². The Hall–Kier alpha value is -2.18. The molecule has 0 bridgehead atoms. The number of nitrogens with zero attached hydrogens (tertiary/aromatic N) is 3. The smallest absolute Gasteiger partial charge is 0.225 e. The van der Waals surface area contributed by atoms with Gasteiger partial charge in [-0.3, -0.25) is 15.0 Å². The van der Waals surface area contributed by atoms with Gasteiger partial charge in [0.05, 0.1) is 6.42 Å². The molecule has 2 aromatic heterocycles. The van der Waals surface area contributed by atoms with Crippen molar-refractivity contribution < 1.29 is 4.79 Å². The van der Waals surface area contributed by atoms with Crippen LogP contribution >= 0.6 is 0 Å². The van der Waals surface area contributed by atoms with Crippen LogP contribution in [-0.2, 0) is 17.6 Å². The molecule has 7 nitrogen and oxygen atoms in total. The highest BCUT2D eigenvalue weighted by Crippen LogP contribution is 1.94. The number of carbonyl (C=O) groups excluding carboxylic acids is 1. The minimum absolute atomic E-state index is 0.00757. The molecule has 7 heteroatoms. The Morgan fingerprint density at radius 1 is 1.35 bits per heavy atom. The molecule has 0 fully saturated rings. The Morgan fingerprint density at radius 2 is 2.29 bits per heavy atom. The van der Waals surface area contributed by atoms with E-state index in [9.17, 15) is 4.79 Å². The van der Waals surface area contributed by atoms with Crippen LogP contribution < -0.4 is 5.32 Å². The molecule has 3 N–H and O–H groups in total. The van der Waals surface area contributed by atoms with Crippen molar-refractivity contribution in [2.75, 3.05) is 6.54 Å². The van der Waals surface area contributed by atoms with Crippen LogP contribution in [0.25, 0.3) is 0 Å². The average Bonchev–Trinajstić information content (AvgIpc) is 2.96. The van der Waals surface area contributed by atoms with Gasteiger partial charge in [0, 0.05) is 24.9 Å². The van der Waals surface area contributed by atoms with E-state index in [1.165, 1.54) is 6.33 Å². The van der Waals surface area contributed by atoms with E-state index in [4.69, 9.17) is 0 Å². The number of H-pyrrole nitrogens is 2. The molecule has 0 aromatic carbocycles. The molecule has 17 heavy (non-hydrogen) atoms. The summed E-state index contributed by atoms with van der Waals surface area (Å²) in [6.45, 7) is 0.633. The number of rotatable bonds is 6. The first-order valence-electron chi connectivity index (χ1n) is 5.44. The number of aryl methyl sites for hydroxylation is 1. The van der Waals surface area contributed by atoms with Crippen molar-refractivity contribution >= 4 is 5.91 Å². The highest BCUT2D eigenvalue weighted by atomic mass is 16.1. The number of carbonyl (C=O) groups is 1. The van der Waals surface area contributed by atoms with Crippen LogP contribution in [-0.4, -0.2) is 37.8 Å². The van der Waals surface area contributed by atoms with E-state index in [1.807, 2.05) is 0 Å². The zero-order valence-electron chi connectivity index (χ0n) is 9.31. The van der Waals surface area contributed by atoms with Gasteiger partial charge in [-0.1, -0.05) is 0 Å². The molecule has 0 spiro atoms. The van der Waals surface area contributed by atoms with E-state index in [0.717, 1.165) is 24.4 Å². The van der Waals surface area contributed by atoms with E-state index in [1.54, 1.807) is 12.3 Å². The van der Waals surface area contributed by atoms with Crippen molar-refractivity contribution in [2.24, 2.45) is 0 Å². The highest BCUT2D eigenvalue weighted by Gasteiger charge is 2.03. The molecular weight excluding hydrogens is 220 g/mol. The Bertz CT molecular complexity index is 435. The van der Waals surface area contributed by atoms with Crippen molar-refractivity contribution in [3.05, 3.63) is 30.1 Å². The zero-order chi connectivity index (χ0) is 11.9. The van der Waals surface area contributed by atoms with Gasteiger partial charge in [-0.15, -0.1) is 0 Å². The predicted octanol–water partition coefficient (Wildman–Crippen LogP) is -0.181. The lowest BCUT2D eigenvalue weighted by molar-refractivity contribution is -0.120. The first-order chi connectivity index (χ1) is 8.34. The SMILES string of the molecule is O=C(Cc1ccn[nH]1)NCCCc1ncn[nH]1. The lowest BCUT2D eigenvalue weighted by atomic mass is 10.2. The van der Waals surface area contributed by atoms with Gasteiger partial charge in [-0.05, 0) is 12.5 Å². The van der Waals surface area contributed by atoms with Gasteiger partial charge < -0.3 is 5.32 Å². The van der Waals surface area contributed by atoms with Crippen molar-refractivity contribution in [2.45, 2.75) is 19.3 Å². The normalized spacial score (nSPS) is 10.4. The summed E-state index contributed by atoms with van der Waals surface area (Å²) in [5, 5.41) is 15.9. The summed E-state index contributed by atoms with van der Waals surface area (Å²) >= 11 is 0. The van der Waals surface area contributed by atoms with Gasteiger partial charge in [-0.25, -0.2) is 4.98 Å². The maximum absolute atomic E-state index is 11.5. The molecule has 0 unspecified atom stereocenters. The number of amides is 1. The largest absolute Gasteiger partial charge is 0.356 e. The Labute approximate surface area is 98.0 Å². The lowest BCUT2D eigenvalue weighted by Gasteiger charge is -2.02. The predicted molar refractivity (Wildman–Crippen MR) is 60.0 cm³/mol. The summed E-state index contributed by atoms with van der Waals surface area (Å²) in [5.74, 6) is 0.833. The maximum atomic E-state index is 11.5. The molecule has 2 heterocycles. The molecule has 0 saturated heterocycles. The molecule has 1 amide bonds. The van der Waals surface area contributed by atoms with E-state index in [-0.39, 0.29) is 5.91 Å². The highest BCUT2D eigenvalue weighted by molar-refractivity contribution is 5.77. The third-order valence-corrected chi connectivity index (χ3v) is 2.29. The summed E-state index contributed by atoms with van der Waals surface area (Å²) in [6.07, 6.45) is 5.06. The second kappa shape index (κ2) is 5.78. The van der Waals surface area contributed by atoms with Crippen LogP contribution in [0.5, 0.6) is 0 Å². The number of hydrogen-bond acceptors (Lipinski definition) is 4. The van der Waals surface area contributed by atoms with Crippen LogP contribution in [0.1, 0.15) is 17.9 Å². The fourth-order valence-corrected chi connectivity index (χ4v) is 1.45. The van der Waals surface area contributed by atoms with Crippen molar-refractivity contribution in [1.82, 2.24) is 30.7 Å². The summed E-state index contributed by atoms with van der Waals surface area (Å²) in [7, 11) is 0. The molecule has 90 valence electrons. The monoisotopic (exact) mass is 234 g/mol.